The molecule has 0 bridgehead atoms. The fourth-order valence-corrected chi connectivity index (χ4v) is 3.04. The van der Waals surface area contributed by atoms with Crippen molar-refractivity contribution in [3.8, 4) is 0 Å². The highest BCUT2D eigenvalue weighted by Crippen LogP contribution is 2.30. The molecule has 4 amide bonds. The molecule has 1 aromatic heterocycles. The fraction of sp³-hybridized carbons (Fsp3) is 0.167. The van der Waals surface area contributed by atoms with Crippen molar-refractivity contribution in [2.24, 2.45) is 0 Å². The van der Waals surface area contributed by atoms with E-state index in [1.165, 1.54) is 43.4 Å². The highest BCUT2D eigenvalue weighted by molar-refractivity contribution is 6.07. The van der Waals surface area contributed by atoms with Gasteiger partial charge in [0, 0.05) is 42.9 Å². The number of carbonyl (C=O) groups is 3. The van der Waals surface area contributed by atoms with Gasteiger partial charge in [0.15, 0.2) is 0 Å². The Morgan fingerprint density at radius 3 is 2.23 bits per heavy atom. The zero-order chi connectivity index (χ0) is 25.8. The number of amides is 4. The van der Waals surface area contributed by atoms with Crippen LogP contribution in [0.1, 0.15) is 32.0 Å². The number of nitrogens with one attached hydrogen (secondary N) is 3. The van der Waals surface area contributed by atoms with E-state index in [9.17, 15) is 27.6 Å². The van der Waals surface area contributed by atoms with Crippen molar-refractivity contribution in [1.82, 2.24) is 10.3 Å². The zero-order valence-corrected chi connectivity index (χ0v) is 19.0. The van der Waals surface area contributed by atoms with Crippen molar-refractivity contribution in [2.75, 3.05) is 29.6 Å². The molecule has 0 aliphatic rings. The van der Waals surface area contributed by atoms with Crippen LogP contribution >= 0.6 is 0 Å². The van der Waals surface area contributed by atoms with Gasteiger partial charge >= 0.3 is 12.2 Å². The second-order valence-electron chi connectivity index (χ2n) is 7.53. The average Bonchev–Trinajstić information content (AvgIpc) is 2.84. The molecule has 0 atom stereocenters. The van der Waals surface area contributed by atoms with Crippen LogP contribution in [0, 0.1) is 6.92 Å². The quantitative estimate of drug-likeness (QED) is 0.488. The number of aromatic nitrogens is 1. The predicted molar refractivity (Wildman–Crippen MR) is 126 cm³/mol. The molecule has 0 aliphatic heterocycles. The number of hydrogen-bond donors (Lipinski definition) is 3. The second kappa shape index (κ2) is 10.2. The van der Waals surface area contributed by atoms with Crippen LogP contribution in [-0.4, -0.2) is 36.9 Å². The lowest BCUT2D eigenvalue weighted by Gasteiger charge is -2.19. The number of urea groups is 1. The number of anilines is 3. The molecular weight excluding hydrogens is 463 g/mol. The standard InChI is InChI=1S/C24H22F3N5O3/c1-14-4-5-15(21(33)30-17-8-6-16(7-9-17)24(25,26)27)12-19(14)31-23(35)32(3)18-10-11-29-20(13-18)22(34)28-2/h4-13H,1-3H3,(H,28,34)(H,30,33)(H,31,35). The molecule has 8 nitrogen and oxygen atoms in total. The van der Waals surface area contributed by atoms with Crippen LogP contribution in [0.2, 0.25) is 0 Å². The summed E-state index contributed by atoms with van der Waals surface area (Å²) in [6.07, 6.45) is -3.07. The first-order valence-corrected chi connectivity index (χ1v) is 10.3. The molecule has 182 valence electrons. The van der Waals surface area contributed by atoms with Gasteiger partial charge in [0.25, 0.3) is 11.8 Å². The summed E-state index contributed by atoms with van der Waals surface area (Å²) < 4.78 is 38.2. The Morgan fingerprint density at radius 1 is 0.914 bits per heavy atom. The summed E-state index contributed by atoms with van der Waals surface area (Å²) in [6.45, 7) is 1.74. The van der Waals surface area contributed by atoms with Gasteiger partial charge in [-0.25, -0.2) is 4.79 Å². The molecule has 0 saturated heterocycles. The van der Waals surface area contributed by atoms with Crippen LogP contribution in [0.25, 0.3) is 0 Å². The molecule has 0 unspecified atom stereocenters. The van der Waals surface area contributed by atoms with Crippen LogP contribution < -0.4 is 20.9 Å². The maximum absolute atomic E-state index is 12.8. The van der Waals surface area contributed by atoms with Gasteiger partial charge in [0.2, 0.25) is 0 Å². The van der Waals surface area contributed by atoms with Crippen LogP contribution in [-0.2, 0) is 6.18 Å². The molecule has 2 aromatic carbocycles. The van der Waals surface area contributed by atoms with Crippen LogP contribution in [0.4, 0.5) is 35.0 Å². The Bertz CT molecular complexity index is 1260. The van der Waals surface area contributed by atoms with E-state index in [2.05, 4.69) is 20.9 Å². The number of halogens is 3. The first-order chi connectivity index (χ1) is 16.5. The largest absolute Gasteiger partial charge is 0.416 e. The lowest BCUT2D eigenvalue weighted by molar-refractivity contribution is -0.137. The highest BCUT2D eigenvalue weighted by Gasteiger charge is 2.30. The highest BCUT2D eigenvalue weighted by atomic mass is 19.4. The smallest absolute Gasteiger partial charge is 0.354 e. The Hall–Kier alpha value is -4.41. The molecule has 3 N–H and O–H groups in total. The van der Waals surface area contributed by atoms with E-state index in [0.29, 0.717) is 16.9 Å². The third-order valence-corrected chi connectivity index (χ3v) is 5.11. The second-order valence-corrected chi connectivity index (χ2v) is 7.53. The maximum atomic E-state index is 12.8. The summed E-state index contributed by atoms with van der Waals surface area (Å²) >= 11 is 0. The van der Waals surface area contributed by atoms with Gasteiger partial charge in [-0.05, 0) is 61.0 Å². The number of alkyl halides is 3. The van der Waals surface area contributed by atoms with Gasteiger partial charge < -0.3 is 16.0 Å². The number of carbonyl (C=O) groups excluding carboxylic acids is 3. The van der Waals surface area contributed by atoms with Crippen molar-refractivity contribution in [1.29, 1.82) is 0 Å². The maximum Gasteiger partial charge on any atom is 0.416 e. The minimum Gasteiger partial charge on any atom is -0.354 e. The van der Waals surface area contributed by atoms with Crippen LogP contribution in [0.15, 0.2) is 60.8 Å². The number of nitrogens with zero attached hydrogens (tertiary/aromatic N) is 2. The first kappa shape index (κ1) is 25.2. The Kier molecular flexibility index (Phi) is 7.38. The third kappa shape index (κ3) is 6.14. The van der Waals surface area contributed by atoms with E-state index >= 15 is 0 Å². The SMILES string of the molecule is CNC(=O)c1cc(N(C)C(=O)Nc2cc(C(=O)Nc3ccc(C(F)(F)F)cc3)ccc2C)ccn1. The van der Waals surface area contributed by atoms with Gasteiger partial charge in [0.05, 0.1) is 5.56 Å². The molecule has 3 aromatic rings. The summed E-state index contributed by atoms with van der Waals surface area (Å²) in [5.74, 6) is -0.957. The summed E-state index contributed by atoms with van der Waals surface area (Å²) in [5.41, 5.74) is 1.17. The molecule has 1 heterocycles. The van der Waals surface area contributed by atoms with Crippen molar-refractivity contribution < 1.29 is 27.6 Å². The molecule has 35 heavy (non-hydrogen) atoms. The van der Waals surface area contributed by atoms with Crippen molar-refractivity contribution in [2.45, 2.75) is 13.1 Å². The Labute approximate surface area is 199 Å². The van der Waals surface area contributed by atoms with Crippen LogP contribution in [0.3, 0.4) is 0 Å². The fourth-order valence-electron chi connectivity index (χ4n) is 3.04. The summed E-state index contributed by atoms with van der Waals surface area (Å²) in [7, 11) is 2.98. The van der Waals surface area contributed by atoms with E-state index in [4.69, 9.17) is 0 Å². The van der Waals surface area contributed by atoms with Crippen molar-refractivity contribution >= 4 is 34.9 Å². The lowest BCUT2D eigenvalue weighted by Crippen LogP contribution is -2.32. The summed E-state index contributed by atoms with van der Waals surface area (Å²) in [4.78, 5) is 42.5. The van der Waals surface area contributed by atoms with E-state index in [1.807, 2.05) is 0 Å². The number of benzene rings is 2. The predicted octanol–water partition coefficient (Wildman–Crippen LogP) is 4.69. The van der Waals surface area contributed by atoms with Crippen LogP contribution in [0.5, 0.6) is 0 Å². The van der Waals surface area contributed by atoms with Gasteiger partial charge in [-0.15, -0.1) is 0 Å². The molecule has 0 fully saturated rings. The van der Waals surface area contributed by atoms with Gasteiger partial charge in [-0.3, -0.25) is 19.5 Å². The average molecular weight is 485 g/mol. The Morgan fingerprint density at radius 2 is 1.60 bits per heavy atom. The van der Waals surface area contributed by atoms with Crippen molar-refractivity contribution in [3.63, 3.8) is 0 Å². The number of hydrogen-bond acceptors (Lipinski definition) is 4. The summed E-state index contributed by atoms with van der Waals surface area (Å²) in [5, 5.41) is 7.71. The van der Waals surface area contributed by atoms with Crippen molar-refractivity contribution in [3.05, 3.63) is 83.2 Å². The Balaban J connectivity index is 1.73. The normalized spacial score (nSPS) is 10.9. The molecule has 0 spiro atoms. The molecule has 11 heteroatoms. The molecular formula is C24H22F3N5O3. The van der Waals surface area contributed by atoms with Gasteiger partial charge in [0.1, 0.15) is 5.69 Å². The number of pyridine rings is 1. The van der Waals surface area contributed by atoms with E-state index < -0.39 is 29.6 Å². The summed E-state index contributed by atoms with van der Waals surface area (Å²) in [6, 6.07) is 11.2. The number of aryl methyl sites for hydroxylation is 1. The van der Waals surface area contributed by atoms with Gasteiger partial charge in [-0.2, -0.15) is 13.2 Å². The topological polar surface area (TPSA) is 103 Å². The lowest BCUT2D eigenvalue weighted by atomic mass is 10.1. The number of rotatable bonds is 5. The third-order valence-electron chi connectivity index (χ3n) is 5.11. The van der Waals surface area contributed by atoms with E-state index in [-0.39, 0.29) is 16.9 Å². The minimum absolute atomic E-state index is 0.141. The molecule has 0 aliphatic carbocycles. The molecule has 0 saturated carbocycles. The molecule has 0 radical (unpaired) electrons. The zero-order valence-electron chi connectivity index (χ0n) is 19.0. The monoisotopic (exact) mass is 485 g/mol. The van der Waals surface area contributed by atoms with E-state index in [0.717, 1.165) is 24.3 Å². The van der Waals surface area contributed by atoms with Gasteiger partial charge in [-0.1, -0.05) is 6.07 Å². The van der Waals surface area contributed by atoms with E-state index in [1.54, 1.807) is 19.1 Å². The minimum atomic E-state index is -4.47. The first-order valence-electron chi connectivity index (χ1n) is 10.3. The molecule has 3 rings (SSSR count).